The number of carbonyl (C=O) groups is 1. The number of anilines is 1. The lowest BCUT2D eigenvalue weighted by molar-refractivity contribution is -0.114. The van der Waals surface area contributed by atoms with Crippen LogP contribution in [0.15, 0.2) is 23.1 Å². The minimum absolute atomic E-state index is 0.0265. The van der Waals surface area contributed by atoms with Crippen LogP contribution < -0.4 is 10.6 Å². The van der Waals surface area contributed by atoms with Gasteiger partial charge in [-0.2, -0.15) is 4.31 Å². The Hall–Kier alpha value is -1.51. The van der Waals surface area contributed by atoms with E-state index in [9.17, 15) is 17.6 Å². The quantitative estimate of drug-likeness (QED) is 0.863. The number of halogens is 1. The van der Waals surface area contributed by atoms with Crippen LogP contribution in [0.5, 0.6) is 0 Å². The van der Waals surface area contributed by atoms with Gasteiger partial charge in [0.2, 0.25) is 15.9 Å². The van der Waals surface area contributed by atoms with Crippen LogP contribution in [-0.2, 0) is 14.8 Å². The van der Waals surface area contributed by atoms with Crippen molar-refractivity contribution in [2.45, 2.75) is 24.8 Å². The summed E-state index contributed by atoms with van der Waals surface area (Å²) in [4.78, 5) is 11.0. The molecule has 0 spiro atoms. The molecule has 1 aliphatic rings. The van der Waals surface area contributed by atoms with Crippen molar-refractivity contribution in [3.05, 3.63) is 24.0 Å². The molecule has 1 aliphatic heterocycles. The summed E-state index contributed by atoms with van der Waals surface area (Å²) >= 11 is 0. The molecule has 1 saturated heterocycles. The van der Waals surface area contributed by atoms with Gasteiger partial charge in [-0.05, 0) is 25.1 Å². The fraction of sp³-hybridized carbons (Fsp3) is 0.462. The third-order valence-electron chi connectivity index (χ3n) is 3.30. The molecule has 0 aromatic heterocycles. The first kappa shape index (κ1) is 15.9. The Morgan fingerprint density at radius 1 is 1.48 bits per heavy atom. The standard InChI is InChI=1S/C13H18FN3O3S/c1-9-8-15-5-6-17(9)21(19,20)11-3-4-12(14)13(7-11)16-10(2)18/h3-4,7,9,15H,5-6,8H2,1-2H3,(H,16,18). The molecule has 6 nitrogen and oxygen atoms in total. The normalized spacial score (nSPS) is 20.2. The van der Waals surface area contributed by atoms with Crippen molar-refractivity contribution in [2.24, 2.45) is 0 Å². The number of rotatable bonds is 3. The van der Waals surface area contributed by atoms with E-state index in [1.807, 2.05) is 6.92 Å². The molecule has 0 radical (unpaired) electrons. The van der Waals surface area contributed by atoms with Crippen LogP contribution in [0.1, 0.15) is 13.8 Å². The molecule has 21 heavy (non-hydrogen) atoms. The Balaban J connectivity index is 2.38. The summed E-state index contributed by atoms with van der Waals surface area (Å²) in [5, 5.41) is 5.40. The number of amides is 1. The van der Waals surface area contributed by atoms with Gasteiger partial charge in [0.05, 0.1) is 10.6 Å². The highest BCUT2D eigenvalue weighted by Crippen LogP contribution is 2.24. The highest BCUT2D eigenvalue weighted by atomic mass is 32.2. The van der Waals surface area contributed by atoms with Gasteiger partial charge in [-0.15, -0.1) is 0 Å². The van der Waals surface area contributed by atoms with E-state index in [0.717, 1.165) is 12.1 Å². The van der Waals surface area contributed by atoms with Crippen LogP contribution in [-0.4, -0.2) is 44.3 Å². The maximum absolute atomic E-state index is 13.6. The number of hydrogen-bond acceptors (Lipinski definition) is 4. The number of hydrogen-bond donors (Lipinski definition) is 2. The third kappa shape index (κ3) is 3.39. The summed E-state index contributed by atoms with van der Waals surface area (Å²) < 4.78 is 40.2. The molecule has 2 N–H and O–H groups in total. The molecule has 1 aromatic carbocycles. The van der Waals surface area contributed by atoms with Crippen LogP contribution in [0.4, 0.5) is 10.1 Å². The molecule has 1 heterocycles. The largest absolute Gasteiger partial charge is 0.324 e. The zero-order chi connectivity index (χ0) is 15.6. The monoisotopic (exact) mass is 315 g/mol. The Morgan fingerprint density at radius 3 is 2.81 bits per heavy atom. The molecule has 1 unspecified atom stereocenters. The third-order valence-corrected chi connectivity index (χ3v) is 5.31. The van der Waals surface area contributed by atoms with Gasteiger partial charge in [0, 0.05) is 32.6 Å². The highest BCUT2D eigenvalue weighted by Gasteiger charge is 2.31. The lowest BCUT2D eigenvalue weighted by Crippen LogP contribution is -2.52. The Labute approximate surface area is 123 Å². The number of piperazine rings is 1. The molecule has 1 atom stereocenters. The van der Waals surface area contributed by atoms with Crippen molar-refractivity contribution in [2.75, 3.05) is 25.0 Å². The van der Waals surface area contributed by atoms with E-state index in [-0.39, 0.29) is 16.6 Å². The molecule has 0 aliphatic carbocycles. The topological polar surface area (TPSA) is 78.5 Å². The van der Waals surface area contributed by atoms with Gasteiger partial charge in [0.25, 0.3) is 0 Å². The van der Waals surface area contributed by atoms with Crippen LogP contribution in [0.25, 0.3) is 0 Å². The molecule has 1 fully saturated rings. The summed E-state index contributed by atoms with van der Waals surface area (Å²) in [6.45, 7) is 4.54. The van der Waals surface area contributed by atoms with Crippen molar-refractivity contribution in [3.8, 4) is 0 Å². The average molecular weight is 315 g/mol. The minimum Gasteiger partial charge on any atom is -0.324 e. The van der Waals surface area contributed by atoms with Crippen molar-refractivity contribution >= 4 is 21.6 Å². The number of nitrogens with zero attached hydrogens (tertiary/aromatic N) is 1. The van der Waals surface area contributed by atoms with Crippen LogP contribution in [0.3, 0.4) is 0 Å². The lowest BCUT2D eigenvalue weighted by Gasteiger charge is -2.32. The van der Waals surface area contributed by atoms with Crippen molar-refractivity contribution in [1.82, 2.24) is 9.62 Å². The first-order chi connectivity index (χ1) is 9.82. The highest BCUT2D eigenvalue weighted by molar-refractivity contribution is 7.89. The van der Waals surface area contributed by atoms with E-state index in [0.29, 0.717) is 19.6 Å². The molecule has 0 saturated carbocycles. The van der Waals surface area contributed by atoms with E-state index in [2.05, 4.69) is 10.6 Å². The van der Waals surface area contributed by atoms with E-state index in [1.165, 1.54) is 17.3 Å². The fourth-order valence-corrected chi connectivity index (χ4v) is 3.92. The summed E-state index contributed by atoms with van der Waals surface area (Å²) in [6.07, 6.45) is 0. The van der Waals surface area contributed by atoms with E-state index < -0.39 is 21.7 Å². The van der Waals surface area contributed by atoms with Gasteiger partial charge >= 0.3 is 0 Å². The molecule has 1 aromatic rings. The second-order valence-electron chi connectivity index (χ2n) is 4.99. The number of nitrogens with one attached hydrogen (secondary N) is 2. The van der Waals surface area contributed by atoms with Gasteiger partial charge in [-0.25, -0.2) is 12.8 Å². The van der Waals surface area contributed by atoms with Gasteiger partial charge in [-0.1, -0.05) is 0 Å². The second kappa shape index (κ2) is 6.08. The van der Waals surface area contributed by atoms with Crippen molar-refractivity contribution < 1.29 is 17.6 Å². The van der Waals surface area contributed by atoms with Gasteiger partial charge < -0.3 is 10.6 Å². The minimum atomic E-state index is -3.71. The second-order valence-corrected chi connectivity index (χ2v) is 6.88. The first-order valence-corrected chi connectivity index (χ1v) is 8.06. The van der Waals surface area contributed by atoms with Crippen molar-refractivity contribution in [3.63, 3.8) is 0 Å². The summed E-state index contributed by atoms with van der Waals surface area (Å²) in [5.74, 6) is -1.13. The fourth-order valence-electron chi connectivity index (χ4n) is 2.27. The summed E-state index contributed by atoms with van der Waals surface area (Å²) in [5.41, 5.74) is -0.133. The first-order valence-electron chi connectivity index (χ1n) is 6.62. The zero-order valence-corrected chi connectivity index (χ0v) is 12.7. The van der Waals surface area contributed by atoms with Crippen molar-refractivity contribution in [1.29, 1.82) is 0 Å². The van der Waals surface area contributed by atoms with Crippen LogP contribution >= 0.6 is 0 Å². The zero-order valence-electron chi connectivity index (χ0n) is 11.9. The smallest absolute Gasteiger partial charge is 0.243 e. The summed E-state index contributed by atoms with van der Waals surface area (Å²) in [7, 11) is -3.71. The maximum atomic E-state index is 13.6. The Bertz CT molecular complexity index is 648. The Morgan fingerprint density at radius 2 is 2.19 bits per heavy atom. The lowest BCUT2D eigenvalue weighted by atomic mass is 10.3. The van der Waals surface area contributed by atoms with E-state index >= 15 is 0 Å². The maximum Gasteiger partial charge on any atom is 0.243 e. The van der Waals surface area contributed by atoms with E-state index in [1.54, 1.807) is 0 Å². The molecule has 116 valence electrons. The van der Waals surface area contributed by atoms with Gasteiger partial charge in [-0.3, -0.25) is 4.79 Å². The van der Waals surface area contributed by atoms with Gasteiger partial charge in [0.1, 0.15) is 5.82 Å². The number of carbonyl (C=O) groups excluding carboxylic acids is 1. The average Bonchev–Trinajstić information content (AvgIpc) is 2.41. The molecule has 1 amide bonds. The van der Waals surface area contributed by atoms with Gasteiger partial charge in [0.15, 0.2) is 0 Å². The number of benzene rings is 1. The van der Waals surface area contributed by atoms with Crippen LogP contribution in [0.2, 0.25) is 0 Å². The molecule has 0 bridgehead atoms. The molecular weight excluding hydrogens is 297 g/mol. The molecule has 2 rings (SSSR count). The SMILES string of the molecule is CC(=O)Nc1cc(S(=O)(=O)N2CCNCC2C)ccc1F. The predicted octanol–water partition coefficient (Wildman–Crippen LogP) is 0.767. The Kier molecular flexibility index (Phi) is 4.60. The molecular formula is C13H18FN3O3S. The predicted molar refractivity (Wildman–Crippen MR) is 76.9 cm³/mol. The number of sulfonamides is 1. The summed E-state index contributed by atoms with van der Waals surface area (Å²) in [6, 6.07) is 3.23. The molecule has 8 heteroatoms. The van der Waals surface area contributed by atoms with Crippen LogP contribution in [0, 0.1) is 5.82 Å². The van der Waals surface area contributed by atoms with E-state index in [4.69, 9.17) is 0 Å².